The third-order valence-corrected chi connectivity index (χ3v) is 5.03. The predicted octanol–water partition coefficient (Wildman–Crippen LogP) is 5.12. The average molecular weight is 364 g/mol. The summed E-state index contributed by atoms with van der Waals surface area (Å²) in [5, 5.41) is 9.64. The Morgan fingerprint density at radius 2 is 1.96 bits per heavy atom. The van der Waals surface area contributed by atoms with Crippen LogP contribution in [0.5, 0.6) is 5.75 Å². The molecule has 0 atom stereocenters. The molecule has 0 fully saturated rings. The summed E-state index contributed by atoms with van der Waals surface area (Å²) in [4.78, 5) is 0. The fourth-order valence-electron chi connectivity index (χ4n) is 2.81. The van der Waals surface area contributed by atoms with Crippen molar-refractivity contribution < 1.29 is 9.26 Å². The van der Waals surface area contributed by atoms with E-state index in [4.69, 9.17) is 9.26 Å². The van der Waals surface area contributed by atoms with E-state index < -0.39 is 0 Å². The first kappa shape index (κ1) is 16.8. The summed E-state index contributed by atoms with van der Waals surface area (Å²) in [5.74, 6) is 0.860. The van der Waals surface area contributed by atoms with Crippen LogP contribution in [0.15, 0.2) is 70.6 Å². The van der Waals surface area contributed by atoms with Gasteiger partial charge in [0.15, 0.2) is 5.58 Å². The van der Waals surface area contributed by atoms with E-state index in [0.717, 1.165) is 46.8 Å². The number of benzene rings is 2. The van der Waals surface area contributed by atoms with Crippen LogP contribution in [0.25, 0.3) is 21.5 Å². The third kappa shape index (κ3) is 3.95. The van der Waals surface area contributed by atoms with Gasteiger partial charge in [-0.15, -0.1) is 11.3 Å². The van der Waals surface area contributed by atoms with Crippen molar-refractivity contribution in [2.75, 3.05) is 13.2 Å². The van der Waals surface area contributed by atoms with Gasteiger partial charge in [0.25, 0.3) is 0 Å². The zero-order valence-corrected chi connectivity index (χ0v) is 15.2. The molecule has 2 aromatic carbocycles. The maximum Gasteiger partial charge on any atom is 0.178 e. The number of thiophene rings is 1. The number of nitrogens with one attached hydrogen (secondary N) is 1. The van der Waals surface area contributed by atoms with Gasteiger partial charge in [0, 0.05) is 12.1 Å². The van der Waals surface area contributed by atoms with E-state index in [1.807, 2.05) is 41.8 Å². The van der Waals surface area contributed by atoms with Gasteiger partial charge in [-0.2, -0.15) is 0 Å². The maximum absolute atomic E-state index is 5.90. The minimum Gasteiger partial charge on any atom is -0.494 e. The Labute approximate surface area is 156 Å². The van der Waals surface area contributed by atoms with Crippen LogP contribution in [0.3, 0.4) is 0 Å². The van der Waals surface area contributed by atoms with Crippen molar-refractivity contribution in [3.05, 3.63) is 71.6 Å². The molecule has 1 N–H and O–H groups in total. The highest BCUT2D eigenvalue weighted by molar-refractivity contribution is 7.17. The van der Waals surface area contributed by atoms with E-state index in [1.165, 1.54) is 5.56 Å². The van der Waals surface area contributed by atoms with Crippen LogP contribution < -0.4 is 10.1 Å². The van der Waals surface area contributed by atoms with Gasteiger partial charge in [-0.05, 0) is 42.1 Å². The molecule has 5 heteroatoms. The lowest BCUT2D eigenvalue weighted by Crippen LogP contribution is -2.16. The minimum absolute atomic E-state index is 0.679. The molecule has 0 saturated carbocycles. The molecule has 0 aliphatic carbocycles. The van der Waals surface area contributed by atoms with Crippen molar-refractivity contribution in [3.63, 3.8) is 0 Å². The molecule has 132 valence electrons. The molecule has 0 spiro atoms. The second-order valence-corrected chi connectivity index (χ2v) is 6.95. The molecular weight excluding hydrogens is 344 g/mol. The summed E-state index contributed by atoms with van der Waals surface area (Å²) in [7, 11) is 0. The molecule has 0 unspecified atom stereocenters. The zero-order valence-electron chi connectivity index (χ0n) is 14.4. The van der Waals surface area contributed by atoms with Gasteiger partial charge in [0.05, 0.1) is 6.61 Å². The number of ether oxygens (including phenoxy) is 1. The summed E-state index contributed by atoms with van der Waals surface area (Å²) in [6.45, 7) is 2.49. The highest BCUT2D eigenvalue weighted by atomic mass is 32.1. The summed E-state index contributed by atoms with van der Waals surface area (Å²) < 4.78 is 12.3. The van der Waals surface area contributed by atoms with E-state index in [-0.39, 0.29) is 0 Å². The third-order valence-electron chi connectivity index (χ3n) is 4.13. The smallest absolute Gasteiger partial charge is 0.178 e. The molecule has 4 nitrogen and oxygen atoms in total. The highest BCUT2D eigenvalue weighted by Crippen LogP contribution is 2.33. The molecule has 2 heterocycles. The van der Waals surface area contributed by atoms with Crippen molar-refractivity contribution >= 4 is 21.6 Å². The Balaban J connectivity index is 1.27. The number of rotatable bonds is 8. The average Bonchev–Trinajstić information content (AvgIpc) is 3.29. The van der Waals surface area contributed by atoms with Crippen molar-refractivity contribution in [1.82, 2.24) is 10.5 Å². The van der Waals surface area contributed by atoms with Gasteiger partial charge in [0.2, 0.25) is 0 Å². The normalized spacial score (nSPS) is 11.1. The van der Waals surface area contributed by atoms with Crippen LogP contribution in [0.1, 0.15) is 12.0 Å². The van der Waals surface area contributed by atoms with Crippen molar-refractivity contribution in [3.8, 4) is 17.0 Å². The number of fused-ring (bicyclic) bond motifs is 1. The Morgan fingerprint density at radius 3 is 2.88 bits per heavy atom. The summed E-state index contributed by atoms with van der Waals surface area (Å²) in [6.07, 6.45) is 0.955. The van der Waals surface area contributed by atoms with E-state index in [0.29, 0.717) is 6.61 Å². The van der Waals surface area contributed by atoms with Crippen LogP contribution in [0.2, 0.25) is 0 Å². The Kier molecular flexibility index (Phi) is 5.28. The molecule has 0 aliphatic heterocycles. The van der Waals surface area contributed by atoms with Crippen molar-refractivity contribution in [2.45, 2.75) is 13.0 Å². The van der Waals surface area contributed by atoms with Crippen molar-refractivity contribution in [2.24, 2.45) is 0 Å². The monoisotopic (exact) mass is 364 g/mol. The Morgan fingerprint density at radius 1 is 1.04 bits per heavy atom. The molecule has 2 aromatic heterocycles. The summed E-state index contributed by atoms with van der Waals surface area (Å²) >= 11 is 1.64. The van der Waals surface area contributed by atoms with E-state index in [9.17, 15) is 0 Å². The Hall–Kier alpha value is -2.63. The Bertz CT molecular complexity index is 962. The van der Waals surface area contributed by atoms with Crippen molar-refractivity contribution in [1.29, 1.82) is 0 Å². The van der Waals surface area contributed by atoms with Crippen LogP contribution in [-0.4, -0.2) is 18.3 Å². The predicted molar refractivity (Wildman–Crippen MR) is 106 cm³/mol. The SMILES string of the molecule is c1ccc(CNCCCOc2cccc(-c3noc4ccsc34)c2)cc1. The summed E-state index contributed by atoms with van der Waals surface area (Å²) in [6, 6.07) is 20.4. The quantitative estimate of drug-likeness (QED) is 0.441. The molecule has 26 heavy (non-hydrogen) atoms. The summed E-state index contributed by atoms with van der Waals surface area (Å²) in [5.41, 5.74) is 4.03. The van der Waals surface area contributed by atoms with E-state index in [2.05, 4.69) is 34.7 Å². The van der Waals surface area contributed by atoms with Gasteiger partial charge in [-0.25, -0.2) is 0 Å². The standard InChI is InChI=1S/C21H20N2O2S/c1-2-6-16(7-3-1)15-22-11-5-12-24-18-9-4-8-17(14-18)20-21-19(25-23-20)10-13-26-21/h1-4,6-10,13-14,22H,5,11-12,15H2. The first-order valence-corrected chi connectivity index (χ1v) is 9.59. The number of nitrogens with zero attached hydrogens (tertiary/aromatic N) is 1. The van der Waals surface area contributed by atoms with Gasteiger partial charge >= 0.3 is 0 Å². The van der Waals surface area contributed by atoms with E-state index >= 15 is 0 Å². The number of hydrogen-bond donors (Lipinski definition) is 1. The molecule has 0 aliphatic rings. The van der Waals surface area contributed by atoms with Gasteiger partial charge in [-0.3, -0.25) is 0 Å². The maximum atomic E-state index is 5.90. The van der Waals surface area contributed by atoms with Gasteiger partial charge in [-0.1, -0.05) is 47.6 Å². The lowest BCUT2D eigenvalue weighted by Gasteiger charge is -2.08. The second kappa shape index (κ2) is 8.17. The lowest BCUT2D eigenvalue weighted by molar-refractivity contribution is 0.308. The molecule has 0 amide bonds. The minimum atomic E-state index is 0.679. The topological polar surface area (TPSA) is 47.3 Å². The number of aromatic nitrogens is 1. The largest absolute Gasteiger partial charge is 0.494 e. The molecule has 0 radical (unpaired) electrons. The first-order chi connectivity index (χ1) is 12.9. The molecule has 0 saturated heterocycles. The lowest BCUT2D eigenvalue weighted by atomic mass is 10.1. The fourth-order valence-corrected chi connectivity index (χ4v) is 3.63. The fraction of sp³-hybridized carbons (Fsp3) is 0.190. The molecular formula is C21H20N2O2S. The molecule has 4 aromatic rings. The van der Waals surface area contributed by atoms with Crippen LogP contribution in [0, 0.1) is 0 Å². The first-order valence-electron chi connectivity index (χ1n) is 8.71. The zero-order chi connectivity index (χ0) is 17.6. The van der Waals surface area contributed by atoms with E-state index in [1.54, 1.807) is 11.3 Å². The second-order valence-electron chi connectivity index (χ2n) is 6.04. The number of hydrogen-bond acceptors (Lipinski definition) is 5. The highest BCUT2D eigenvalue weighted by Gasteiger charge is 2.12. The van der Waals surface area contributed by atoms with Gasteiger partial charge in [0.1, 0.15) is 16.1 Å². The molecule has 4 rings (SSSR count). The molecule has 0 bridgehead atoms. The van der Waals surface area contributed by atoms with Gasteiger partial charge < -0.3 is 14.6 Å². The van der Waals surface area contributed by atoms with Crippen LogP contribution >= 0.6 is 11.3 Å². The van der Waals surface area contributed by atoms with Crippen LogP contribution in [0.4, 0.5) is 0 Å². The van der Waals surface area contributed by atoms with Crippen LogP contribution in [-0.2, 0) is 6.54 Å².